The molecule has 0 radical (unpaired) electrons. The number of aromatic nitrogens is 3. The Morgan fingerprint density at radius 1 is 1.35 bits per heavy atom. The van der Waals surface area contributed by atoms with Crippen LogP contribution in [0.1, 0.15) is 12.6 Å². The van der Waals surface area contributed by atoms with Crippen molar-refractivity contribution < 1.29 is 4.74 Å². The third-order valence-electron chi connectivity index (χ3n) is 2.97. The van der Waals surface area contributed by atoms with Crippen LogP contribution in [0.2, 0.25) is 0 Å². The van der Waals surface area contributed by atoms with Gasteiger partial charge in [-0.3, -0.25) is 0 Å². The zero-order valence-electron chi connectivity index (χ0n) is 12.4. The highest BCUT2D eigenvalue weighted by atomic mass is 16.5. The lowest BCUT2D eigenvalue weighted by Gasteiger charge is -2.14. The molecule has 20 heavy (non-hydrogen) atoms. The molecular weight excluding hydrogens is 254 g/mol. The Morgan fingerprint density at radius 2 is 2.15 bits per heavy atom. The fourth-order valence-corrected chi connectivity index (χ4v) is 1.98. The molecule has 0 aliphatic rings. The van der Waals surface area contributed by atoms with Crippen molar-refractivity contribution in [2.24, 2.45) is 7.05 Å². The molecule has 0 bridgehead atoms. The van der Waals surface area contributed by atoms with Gasteiger partial charge in [-0.15, -0.1) is 0 Å². The van der Waals surface area contributed by atoms with E-state index in [-0.39, 0.29) is 0 Å². The Labute approximate surface area is 119 Å². The summed E-state index contributed by atoms with van der Waals surface area (Å²) in [5.74, 6) is 1.56. The van der Waals surface area contributed by atoms with E-state index in [1.807, 2.05) is 51.3 Å². The second kappa shape index (κ2) is 6.27. The molecule has 108 valence electrons. The van der Waals surface area contributed by atoms with Crippen LogP contribution in [0.15, 0.2) is 24.5 Å². The molecule has 0 unspecified atom stereocenters. The summed E-state index contributed by atoms with van der Waals surface area (Å²) in [5, 5.41) is 3.34. The number of nitrogens with zero attached hydrogens (tertiary/aromatic N) is 4. The summed E-state index contributed by atoms with van der Waals surface area (Å²) in [6, 6.07) is 3.85. The van der Waals surface area contributed by atoms with Gasteiger partial charge in [0.2, 0.25) is 11.8 Å². The van der Waals surface area contributed by atoms with Gasteiger partial charge in [0.1, 0.15) is 0 Å². The van der Waals surface area contributed by atoms with Crippen LogP contribution in [0.25, 0.3) is 0 Å². The maximum absolute atomic E-state index is 5.49. The molecule has 0 amide bonds. The van der Waals surface area contributed by atoms with Crippen LogP contribution in [0.5, 0.6) is 5.88 Å². The van der Waals surface area contributed by atoms with Gasteiger partial charge in [0, 0.05) is 27.3 Å². The molecule has 0 spiro atoms. The number of ether oxygens (including phenoxy) is 1. The van der Waals surface area contributed by atoms with Gasteiger partial charge in [0.15, 0.2) is 0 Å². The largest absolute Gasteiger partial charge is 0.476 e. The molecule has 0 atom stereocenters. The Kier molecular flexibility index (Phi) is 4.45. The minimum atomic E-state index is 0.599. The third-order valence-corrected chi connectivity index (χ3v) is 2.97. The van der Waals surface area contributed by atoms with E-state index < -0.39 is 0 Å². The highest BCUT2D eigenvalue weighted by Crippen LogP contribution is 2.21. The maximum atomic E-state index is 5.49. The number of anilines is 2. The van der Waals surface area contributed by atoms with Crippen molar-refractivity contribution in [1.29, 1.82) is 0 Å². The van der Waals surface area contributed by atoms with Gasteiger partial charge in [-0.2, -0.15) is 0 Å². The zero-order valence-corrected chi connectivity index (χ0v) is 12.4. The molecule has 0 saturated heterocycles. The van der Waals surface area contributed by atoms with Crippen LogP contribution in [-0.2, 0) is 13.6 Å². The number of hydrogen-bond acceptors (Lipinski definition) is 5. The Bertz CT molecular complexity index is 564. The van der Waals surface area contributed by atoms with Gasteiger partial charge in [0.05, 0.1) is 30.7 Å². The van der Waals surface area contributed by atoms with Gasteiger partial charge in [0.25, 0.3) is 0 Å². The molecule has 0 aromatic carbocycles. The van der Waals surface area contributed by atoms with Gasteiger partial charge in [-0.25, -0.2) is 9.97 Å². The van der Waals surface area contributed by atoms with Crippen molar-refractivity contribution in [3.63, 3.8) is 0 Å². The Morgan fingerprint density at radius 3 is 2.80 bits per heavy atom. The molecule has 2 aromatic rings. The number of imidazole rings is 1. The first-order valence-corrected chi connectivity index (χ1v) is 6.63. The lowest BCUT2D eigenvalue weighted by atomic mass is 10.3. The summed E-state index contributed by atoms with van der Waals surface area (Å²) in [7, 11) is 5.97. The quantitative estimate of drug-likeness (QED) is 0.872. The fraction of sp³-hybridized carbons (Fsp3) is 0.429. The molecule has 2 aromatic heterocycles. The predicted octanol–water partition coefficient (Wildman–Crippen LogP) is 1.89. The minimum absolute atomic E-state index is 0.599. The van der Waals surface area contributed by atoms with Crippen molar-refractivity contribution in [1.82, 2.24) is 14.5 Å². The topological polar surface area (TPSA) is 55.2 Å². The molecular formula is C14H21N5O. The summed E-state index contributed by atoms with van der Waals surface area (Å²) in [6.45, 7) is 3.22. The maximum Gasteiger partial charge on any atom is 0.237 e. The standard InChI is InChI=1S/C14H21N5O/c1-5-20-13-12(7-6-8-15-13)16-9-11-10-17-14(18(2)3)19(11)4/h6-8,10,16H,5,9H2,1-4H3. The van der Waals surface area contributed by atoms with E-state index in [4.69, 9.17) is 4.74 Å². The summed E-state index contributed by atoms with van der Waals surface area (Å²) in [6.07, 6.45) is 3.60. The smallest absolute Gasteiger partial charge is 0.237 e. The third kappa shape index (κ3) is 3.01. The van der Waals surface area contributed by atoms with Gasteiger partial charge < -0.3 is 19.5 Å². The van der Waals surface area contributed by atoms with Crippen LogP contribution < -0.4 is 15.0 Å². The van der Waals surface area contributed by atoms with Crippen LogP contribution in [0.3, 0.4) is 0 Å². The molecule has 2 rings (SSSR count). The SMILES string of the molecule is CCOc1ncccc1NCc1cnc(N(C)C)n1C. The van der Waals surface area contributed by atoms with Gasteiger partial charge >= 0.3 is 0 Å². The summed E-state index contributed by atoms with van der Waals surface area (Å²) in [4.78, 5) is 10.6. The monoisotopic (exact) mass is 275 g/mol. The zero-order chi connectivity index (χ0) is 14.5. The van der Waals surface area contributed by atoms with E-state index >= 15 is 0 Å². The second-order valence-electron chi connectivity index (χ2n) is 4.65. The normalized spacial score (nSPS) is 10.4. The van der Waals surface area contributed by atoms with E-state index in [9.17, 15) is 0 Å². The molecule has 2 heterocycles. The lowest BCUT2D eigenvalue weighted by molar-refractivity contribution is 0.328. The van der Waals surface area contributed by atoms with Crippen molar-refractivity contribution >= 4 is 11.6 Å². The van der Waals surface area contributed by atoms with E-state index in [1.165, 1.54) is 0 Å². The van der Waals surface area contributed by atoms with Gasteiger partial charge in [-0.05, 0) is 19.1 Å². The minimum Gasteiger partial charge on any atom is -0.476 e. The lowest BCUT2D eigenvalue weighted by Crippen LogP contribution is -2.15. The van der Waals surface area contributed by atoms with Crippen molar-refractivity contribution in [2.75, 3.05) is 30.9 Å². The molecule has 1 N–H and O–H groups in total. The number of hydrogen-bond donors (Lipinski definition) is 1. The predicted molar refractivity (Wildman–Crippen MR) is 80.3 cm³/mol. The first-order valence-electron chi connectivity index (χ1n) is 6.63. The number of nitrogens with one attached hydrogen (secondary N) is 1. The fourth-order valence-electron chi connectivity index (χ4n) is 1.98. The first kappa shape index (κ1) is 14.2. The highest BCUT2D eigenvalue weighted by molar-refractivity contribution is 5.52. The summed E-state index contributed by atoms with van der Waals surface area (Å²) < 4.78 is 7.55. The Hall–Kier alpha value is -2.24. The van der Waals surface area contributed by atoms with Crippen molar-refractivity contribution in [3.8, 4) is 5.88 Å². The van der Waals surface area contributed by atoms with Crippen LogP contribution in [0, 0.1) is 0 Å². The van der Waals surface area contributed by atoms with E-state index in [0.717, 1.165) is 17.3 Å². The molecule has 0 aliphatic heterocycles. The summed E-state index contributed by atoms with van der Waals surface area (Å²) >= 11 is 0. The van der Waals surface area contributed by atoms with Crippen molar-refractivity contribution in [3.05, 3.63) is 30.2 Å². The first-order chi connectivity index (χ1) is 9.63. The molecule has 0 fully saturated rings. The molecule has 6 heteroatoms. The van der Waals surface area contributed by atoms with E-state index in [2.05, 4.69) is 19.9 Å². The van der Waals surface area contributed by atoms with Crippen LogP contribution >= 0.6 is 0 Å². The molecule has 0 aliphatic carbocycles. The average Bonchev–Trinajstić information content (AvgIpc) is 2.79. The van der Waals surface area contributed by atoms with Crippen LogP contribution in [0.4, 0.5) is 11.6 Å². The molecule has 0 saturated carbocycles. The number of pyridine rings is 1. The van der Waals surface area contributed by atoms with E-state index in [0.29, 0.717) is 19.0 Å². The van der Waals surface area contributed by atoms with Crippen LogP contribution in [-0.4, -0.2) is 35.2 Å². The average molecular weight is 275 g/mol. The summed E-state index contributed by atoms with van der Waals surface area (Å²) in [5.41, 5.74) is 1.99. The Balaban J connectivity index is 2.09. The highest BCUT2D eigenvalue weighted by Gasteiger charge is 2.09. The second-order valence-corrected chi connectivity index (χ2v) is 4.65. The number of rotatable bonds is 6. The van der Waals surface area contributed by atoms with Crippen molar-refractivity contribution in [2.45, 2.75) is 13.5 Å². The van der Waals surface area contributed by atoms with Gasteiger partial charge in [-0.1, -0.05) is 0 Å². The van der Waals surface area contributed by atoms with E-state index in [1.54, 1.807) is 6.20 Å². The molecule has 6 nitrogen and oxygen atoms in total.